The second-order valence-electron chi connectivity index (χ2n) is 12.4. The second-order valence-corrected chi connectivity index (χ2v) is 15.1. The number of anilines is 1. The molecule has 4 aromatic rings. The zero-order valence-corrected chi connectivity index (χ0v) is 29.0. The van der Waals surface area contributed by atoms with Gasteiger partial charge < -0.3 is 10.2 Å². The van der Waals surface area contributed by atoms with Gasteiger partial charge in [-0.05, 0) is 76.1 Å². The fraction of sp³-hybridized carbons (Fsp3) is 0.278. The normalized spacial score (nSPS) is 12.3. The molecule has 0 saturated carbocycles. The van der Waals surface area contributed by atoms with Gasteiger partial charge in [-0.1, -0.05) is 101 Å². The molecule has 1 N–H and O–H groups in total. The molecule has 0 saturated heterocycles. The first-order valence-corrected chi connectivity index (χ1v) is 17.1. The van der Waals surface area contributed by atoms with Crippen molar-refractivity contribution in [3.05, 3.63) is 129 Å². The summed E-state index contributed by atoms with van der Waals surface area (Å²) in [5.74, 6) is -0.940. The van der Waals surface area contributed by atoms with Crippen molar-refractivity contribution in [3.63, 3.8) is 0 Å². The fourth-order valence-electron chi connectivity index (χ4n) is 5.04. The number of sulfonamides is 1. The largest absolute Gasteiger partial charge is 0.350 e. The summed E-state index contributed by atoms with van der Waals surface area (Å²) in [7, 11) is -4.31. The highest BCUT2D eigenvalue weighted by atomic mass is 35.5. The first kappa shape index (κ1) is 35.0. The van der Waals surface area contributed by atoms with E-state index in [9.17, 15) is 18.0 Å². The molecule has 0 aliphatic carbocycles. The van der Waals surface area contributed by atoms with E-state index in [1.54, 1.807) is 18.2 Å². The van der Waals surface area contributed by atoms with Gasteiger partial charge in [-0.25, -0.2) is 8.42 Å². The number of carbonyl (C=O) groups is 2. The Balaban J connectivity index is 1.85. The smallest absolute Gasteiger partial charge is 0.264 e. The van der Waals surface area contributed by atoms with E-state index in [0.29, 0.717) is 0 Å². The number of carbonyl (C=O) groups excluding carboxylic acids is 2. The lowest BCUT2D eigenvalue weighted by Crippen LogP contribution is -2.56. The third-order valence-corrected chi connectivity index (χ3v) is 9.60. The number of nitrogens with one attached hydrogen (secondary N) is 1. The summed E-state index contributed by atoms with van der Waals surface area (Å²) >= 11 is 12.9. The summed E-state index contributed by atoms with van der Waals surface area (Å²) in [6.45, 7) is 8.84. The highest BCUT2D eigenvalue weighted by Crippen LogP contribution is 2.33. The summed E-state index contributed by atoms with van der Waals surface area (Å²) in [5, 5.41) is 3.38. The molecular formula is C36H39Cl2N3O4S. The minimum absolute atomic E-state index is 0.0153. The molecule has 0 aromatic heterocycles. The summed E-state index contributed by atoms with van der Waals surface area (Å²) in [5.41, 5.74) is 2.97. The third kappa shape index (κ3) is 9.12. The van der Waals surface area contributed by atoms with Crippen LogP contribution in [0, 0.1) is 13.8 Å². The summed E-state index contributed by atoms with van der Waals surface area (Å²) in [6.07, 6.45) is 0.211. The van der Waals surface area contributed by atoms with Crippen molar-refractivity contribution >= 4 is 50.7 Å². The molecule has 4 rings (SSSR count). The van der Waals surface area contributed by atoms with Gasteiger partial charge in [0.1, 0.15) is 12.6 Å². The summed E-state index contributed by atoms with van der Waals surface area (Å²) in [6, 6.07) is 26.9. The van der Waals surface area contributed by atoms with Gasteiger partial charge in [0.2, 0.25) is 11.8 Å². The van der Waals surface area contributed by atoms with Crippen LogP contribution in [0.4, 0.5) is 5.69 Å². The molecule has 46 heavy (non-hydrogen) atoms. The van der Waals surface area contributed by atoms with Crippen LogP contribution in [0.25, 0.3) is 0 Å². The molecule has 0 radical (unpaired) electrons. The second kappa shape index (κ2) is 14.7. The van der Waals surface area contributed by atoms with Crippen LogP contribution in [0.15, 0.2) is 102 Å². The molecular weight excluding hydrogens is 641 g/mol. The lowest BCUT2D eigenvalue weighted by Gasteiger charge is -2.35. The van der Waals surface area contributed by atoms with E-state index in [0.717, 1.165) is 26.6 Å². The van der Waals surface area contributed by atoms with Crippen molar-refractivity contribution in [2.75, 3.05) is 10.8 Å². The van der Waals surface area contributed by atoms with Crippen LogP contribution in [0.1, 0.15) is 43.0 Å². The Morgan fingerprint density at radius 2 is 1.46 bits per heavy atom. The molecule has 4 aromatic carbocycles. The first-order valence-electron chi connectivity index (χ1n) is 14.9. The van der Waals surface area contributed by atoms with E-state index >= 15 is 0 Å². The summed E-state index contributed by atoms with van der Waals surface area (Å²) < 4.78 is 29.4. The van der Waals surface area contributed by atoms with Gasteiger partial charge in [-0.3, -0.25) is 13.9 Å². The SMILES string of the molecule is Cc1ccc(S(=O)(=O)N(CC(=O)N(Cc2cccc(C)c2)C(Cc2ccccc2)C(=O)NC(C)(C)C)c2cc(Cl)ccc2Cl)cc1. The summed E-state index contributed by atoms with van der Waals surface area (Å²) in [4.78, 5) is 30.0. The number of halogens is 2. The quantitative estimate of drug-likeness (QED) is 0.179. The number of rotatable bonds is 11. The average Bonchev–Trinajstić information content (AvgIpc) is 2.98. The topological polar surface area (TPSA) is 86.8 Å². The molecule has 0 aliphatic heterocycles. The predicted molar refractivity (Wildman–Crippen MR) is 186 cm³/mol. The van der Waals surface area contributed by atoms with Gasteiger partial charge >= 0.3 is 0 Å². The van der Waals surface area contributed by atoms with Gasteiger partial charge in [0.15, 0.2) is 0 Å². The van der Waals surface area contributed by atoms with Crippen molar-refractivity contribution < 1.29 is 18.0 Å². The molecule has 1 atom stereocenters. The highest BCUT2D eigenvalue weighted by molar-refractivity contribution is 7.92. The molecule has 0 spiro atoms. The lowest BCUT2D eigenvalue weighted by molar-refractivity contribution is -0.140. The predicted octanol–water partition coefficient (Wildman–Crippen LogP) is 7.36. The molecule has 10 heteroatoms. The average molecular weight is 681 g/mol. The first-order chi connectivity index (χ1) is 21.6. The van der Waals surface area contributed by atoms with Gasteiger partial charge in [0.05, 0.1) is 15.6 Å². The zero-order valence-electron chi connectivity index (χ0n) is 26.6. The Hall–Kier alpha value is -3.85. The highest BCUT2D eigenvalue weighted by Gasteiger charge is 2.36. The number of benzene rings is 4. The van der Waals surface area contributed by atoms with E-state index in [1.807, 2.05) is 89.2 Å². The van der Waals surface area contributed by atoms with E-state index in [4.69, 9.17) is 23.2 Å². The number of aryl methyl sites for hydroxylation is 2. The molecule has 0 bridgehead atoms. The Bertz CT molecular complexity index is 1790. The van der Waals surface area contributed by atoms with E-state index in [2.05, 4.69) is 5.32 Å². The lowest BCUT2D eigenvalue weighted by atomic mass is 10.0. The Kier molecular flexibility index (Phi) is 11.2. The van der Waals surface area contributed by atoms with Crippen LogP contribution in [-0.2, 0) is 32.6 Å². The number of hydrogen-bond donors (Lipinski definition) is 1. The van der Waals surface area contributed by atoms with E-state index in [-0.39, 0.29) is 39.5 Å². The maximum Gasteiger partial charge on any atom is 0.264 e. The van der Waals surface area contributed by atoms with Crippen molar-refractivity contribution in [3.8, 4) is 0 Å². The van der Waals surface area contributed by atoms with Crippen LogP contribution >= 0.6 is 23.2 Å². The maximum atomic E-state index is 14.6. The van der Waals surface area contributed by atoms with Crippen LogP contribution in [0.5, 0.6) is 0 Å². The van der Waals surface area contributed by atoms with Gasteiger partial charge in [0, 0.05) is 23.5 Å². The minimum atomic E-state index is -4.31. The molecule has 0 fully saturated rings. The van der Waals surface area contributed by atoms with Crippen LogP contribution in [0.2, 0.25) is 10.0 Å². The Labute approximate surface area is 282 Å². The molecule has 0 heterocycles. The van der Waals surface area contributed by atoms with Crippen LogP contribution < -0.4 is 9.62 Å². The standard InChI is InChI=1S/C36H39Cl2N3O4S/c1-25-14-17-30(18-15-25)46(44,45)41(32-22-29(37)16-19-31(32)38)24-34(42)40(23-28-13-9-10-26(2)20-28)33(35(43)39-36(3,4)5)21-27-11-7-6-8-12-27/h6-20,22,33H,21,23-24H2,1-5H3,(H,39,43). The van der Waals surface area contributed by atoms with E-state index < -0.39 is 34.1 Å². The third-order valence-electron chi connectivity index (χ3n) is 7.27. The monoisotopic (exact) mass is 679 g/mol. The van der Waals surface area contributed by atoms with Crippen LogP contribution in [-0.4, -0.2) is 43.3 Å². The van der Waals surface area contributed by atoms with Gasteiger partial charge in [0.25, 0.3) is 10.0 Å². The van der Waals surface area contributed by atoms with Crippen LogP contribution in [0.3, 0.4) is 0 Å². The van der Waals surface area contributed by atoms with Gasteiger partial charge in [-0.2, -0.15) is 0 Å². The van der Waals surface area contributed by atoms with Crippen molar-refractivity contribution in [1.82, 2.24) is 10.2 Å². The van der Waals surface area contributed by atoms with Crippen molar-refractivity contribution in [2.24, 2.45) is 0 Å². The number of nitrogens with zero attached hydrogens (tertiary/aromatic N) is 2. The zero-order chi connectivity index (χ0) is 33.6. The minimum Gasteiger partial charge on any atom is -0.350 e. The Morgan fingerprint density at radius 3 is 2.09 bits per heavy atom. The molecule has 7 nitrogen and oxygen atoms in total. The molecule has 0 aliphatic rings. The number of amides is 2. The fourth-order valence-corrected chi connectivity index (χ4v) is 6.90. The molecule has 242 valence electrons. The number of hydrogen-bond acceptors (Lipinski definition) is 4. The Morgan fingerprint density at radius 1 is 0.804 bits per heavy atom. The molecule has 1 unspecified atom stereocenters. The van der Waals surface area contributed by atoms with Crippen molar-refractivity contribution in [2.45, 2.75) is 64.1 Å². The van der Waals surface area contributed by atoms with Gasteiger partial charge in [-0.15, -0.1) is 0 Å². The molecule has 2 amide bonds. The van der Waals surface area contributed by atoms with Crippen molar-refractivity contribution in [1.29, 1.82) is 0 Å². The maximum absolute atomic E-state index is 14.6. The van der Waals surface area contributed by atoms with E-state index in [1.165, 1.54) is 29.2 Å².